The van der Waals surface area contributed by atoms with Crippen LogP contribution in [0.3, 0.4) is 0 Å². The first-order chi connectivity index (χ1) is 6.82. The standard InChI is InChI=1S/C9H18O6/c1-4(2)6-8(12)9(13,14)7(11)5(3-10)15-6/h4-8,10-14H,3H2,1-2H3/t5?,6-,7+,8?/m0/s1. The summed E-state index contributed by atoms with van der Waals surface area (Å²) in [5.74, 6) is -2.82. The van der Waals surface area contributed by atoms with Gasteiger partial charge in [0.1, 0.15) is 18.3 Å². The second-order valence-corrected chi connectivity index (χ2v) is 4.24. The largest absolute Gasteiger partial charge is 0.394 e. The highest BCUT2D eigenvalue weighted by molar-refractivity contribution is 4.97. The first-order valence-electron chi connectivity index (χ1n) is 4.89. The molecule has 1 aliphatic rings. The summed E-state index contributed by atoms with van der Waals surface area (Å²) in [7, 11) is 0. The maximum absolute atomic E-state index is 9.58. The van der Waals surface area contributed by atoms with Gasteiger partial charge in [0.25, 0.3) is 0 Å². The molecule has 90 valence electrons. The van der Waals surface area contributed by atoms with Crippen molar-refractivity contribution in [2.75, 3.05) is 6.61 Å². The van der Waals surface area contributed by atoms with Crippen LogP contribution in [-0.2, 0) is 4.74 Å². The number of aliphatic hydroxyl groups is 5. The van der Waals surface area contributed by atoms with Gasteiger partial charge in [-0.2, -0.15) is 0 Å². The van der Waals surface area contributed by atoms with E-state index in [1.165, 1.54) is 0 Å². The molecule has 0 aromatic rings. The van der Waals surface area contributed by atoms with E-state index >= 15 is 0 Å². The predicted molar refractivity (Wildman–Crippen MR) is 49.8 cm³/mol. The summed E-state index contributed by atoms with van der Waals surface area (Å²) in [5.41, 5.74) is 0. The third-order valence-electron chi connectivity index (χ3n) is 2.70. The molecule has 0 amide bonds. The smallest absolute Gasteiger partial charge is 0.221 e. The lowest BCUT2D eigenvalue weighted by atomic mass is 9.87. The molecule has 6 heteroatoms. The van der Waals surface area contributed by atoms with E-state index in [2.05, 4.69) is 0 Å². The maximum atomic E-state index is 9.58. The van der Waals surface area contributed by atoms with Gasteiger partial charge in [0.05, 0.1) is 12.7 Å². The molecule has 1 saturated heterocycles. The molecule has 0 radical (unpaired) electrons. The van der Waals surface area contributed by atoms with Crippen LogP contribution in [0.25, 0.3) is 0 Å². The summed E-state index contributed by atoms with van der Waals surface area (Å²) < 4.78 is 5.19. The normalized spacial score (nSPS) is 40.8. The molecule has 1 aliphatic heterocycles. The van der Waals surface area contributed by atoms with E-state index in [0.717, 1.165) is 0 Å². The van der Waals surface area contributed by atoms with Crippen LogP contribution >= 0.6 is 0 Å². The summed E-state index contributed by atoms with van der Waals surface area (Å²) >= 11 is 0. The Labute approximate surface area is 87.7 Å². The third kappa shape index (κ3) is 2.15. The van der Waals surface area contributed by atoms with Gasteiger partial charge in [-0.15, -0.1) is 0 Å². The molecule has 0 spiro atoms. The van der Waals surface area contributed by atoms with E-state index in [4.69, 9.17) is 9.84 Å². The lowest BCUT2D eigenvalue weighted by Gasteiger charge is -2.46. The lowest BCUT2D eigenvalue weighted by Crippen LogP contribution is -2.68. The molecule has 0 aromatic heterocycles. The van der Waals surface area contributed by atoms with Crippen molar-refractivity contribution in [1.82, 2.24) is 0 Å². The van der Waals surface area contributed by atoms with Crippen molar-refractivity contribution in [3.63, 3.8) is 0 Å². The fourth-order valence-corrected chi connectivity index (χ4v) is 1.71. The van der Waals surface area contributed by atoms with Crippen molar-refractivity contribution in [1.29, 1.82) is 0 Å². The van der Waals surface area contributed by atoms with Crippen molar-refractivity contribution in [2.24, 2.45) is 5.92 Å². The Morgan fingerprint density at radius 1 is 1.20 bits per heavy atom. The molecule has 5 N–H and O–H groups in total. The maximum Gasteiger partial charge on any atom is 0.221 e. The van der Waals surface area contributed by atoms with Crippen LogP contribution in [0.15, 0.2) is 0 Å². The molecular weight excluding hydrogens is 204 g/mol. The van der Waals surface area contributed by atoms with Gasteiger partial charge in [0, 0.05) is 0 Å². The van der Waals surface area contributed by atoms with E-state index in [0.29, 0.717) is 0 Å². The minimum Gasteiger partial charge on any atom is -0.394 e. The number of rotatable bonds is 2. The topological polar surface area (TPSA) is 110 Å². The fourth-order valence-electron chi connectivity index (χ4n) is 1.71. The minimum atomic E-state index is -2.65. The number of hydrogen-bond donors (Lipinski definition) is 5. The zero-order chi connectivity index (χ0) is 11.8. The summed E-state index contributed by atoms with van der Waals surface area (Å²) in [5, 5.41) is 46.9. The molecule has 4 atom stereocenters. The molecule has 0 saturated carbocycles. The number of aliphatic hydroxyl groups excluding tert-OH is 3. The molecule has 0 aliphatic carbocycles. The molecule has 0 bridgehead atoms. The van der Waals surface area contributed by atoms with Crippen LogP contribution in [0.2, 0.25) is 0 Å². The summed E-state index contributed by atoms with van der Waals surface area (Å²) in [4.78, 5) is 0. The number of hydrogen-bond acceptors (Lipinski definition) is 6. The minimum absolute atomic E-state index is 0.166. The number of ether oxygens (including phenoxy) is 1. The molecule has 1 heterocycles. The van der Waals surface area contributed by atoms with Crippen LogP contribution in [0.1, 0.15) is 13.8 Å². The second kappa shape index (κ2) is 4.32. The van der Waals surface area contributed by atoms with Gasteiger partial charge in [-0.3, -0.25) is 0 Å². The Balaban J connectivity index is 2.90. The molecule has 0 aromatic carbocycles. The molecule has 15 heavy (non-hydrogen) atoms. The summed E-state index contributed by atoms with van der Waals surface area (Å²) in [6.45, 7) is 2.92. The average Bonchev–Trinajstić information content (AvgIpc) is 2.15. The van der Waals surface area contributed by atoms with Crippen molar-refractivity contribution in [2.45, 2.75) is 44.1 Å². The van der Waals surface area contributed by atoms with Gasteiger partial charge in [-0.1, -0.05) is 13.8 Å². The Morgan fingerprint density at radius 2 is 1.73 bits per heavy atom. The monoisotopic (exact) mass is 222 g/mol. The molecule has 6 nitrogen and oxygen atoms in total. The quantitative estimate of drug-likeness (QED) is 0.339. The van der Waals surface area contributed by atoms with Crippen LogP contribution in [-0.4, -0.2) is 62.3 Å². The van der Waals surface area contributed by atoms with E-state index in [-0.39, 0.29) is 5.92 Å². The summed E-state index contributed by atoms with van der Waals surface area (Å²) in [6, 6.07) is 0. The van der Waals surface area contributed by atoms with Crippen LogP contribution in [0.5, 0.6) is 0 Å². The second-order valence-electron chi connectivity index (χ2n) is 4.24. The van der Waals surface area contributed by atoms with Gasteiger partial charge < -0.3 is 30.3 Å². The van der Waals surface area contributed by atoms with E-state index < -0.39 is 36.8 Å². The highest BCUT2D eigenvalue weighted by atomic mass is 16.6. The lowest BCUT2D eigenvalue weighted by molar-refractivity contribution is -0.356. The molecule has 1 fully saturated rings. The molecule has 2 unspecified atom stereocenters. The van der Waals surface area contributed by atoms with Crippen molar-refractivity contribution in [3.05, 3.63) is 0 Å². The molecular formula is C9H18O6. The highest BCUT2D eigenvalue weighted by Gasteiger charge is 2.54. The predicted octanol–water partition coefficient (Wildman–Crippen LogP) is -2.20. The Bertz CT molecular complexity index is 217. The van der Waals surface area contributed by atoms with Gasteiger partial charge in [-0.05, 0) is 5.92 Å². The molecule has 1 rings (SSSR count). The van der Waals surface area contributed by atoms with Gasteiger partial charge in [0.15, 0.2) is 0 Å². The Morgan fingerprint density at radius 3 is 2.13 bits per heavy atom. The first kappa shape index (κ1) is 12.8. The SMILES string of the molecule is CC(C)[C@@H]1OC(CO)[C@@H](O)C(O)(O)C1O. The fraction of sp³-hybridized carbons (Fsp3) is 1.00. The Kier molecular flexibility index (Phi) is 3.70. The van der Waals surface area contributed by atoms with Crippen LogP contribution < -0.4 is 0 Å². The third-order valence-corrected chi connectivity index (χ3v) is 2.70. The Hall–Kier alpha value is -0.240. The highest BCUT2D eigenvalue weighted by Crippen LogP contribution is 2.31. The van der Waals surface area contributed by atoms with Gasteiger partial charge in [0.2, 0.25) is 5.79 Å². The van der Waals surface area contributed by atoms with Crippen molar-refractivity contribution < 1.29 is 30.3 Å². The van der Waals surface area contributed by atoms with E-state index in [1.54, 1.807) is 13.8 Å². The summed E-state index contributed by atoms with van der Waals surface area (Å²) in [6.07, 6.45) is -5.26. The van der Waals surface area contributed by atoms with E-state index in [9.17, 15) is 20.4 Å². The first-order valence-corrected chi connectivity index (χ1v) is 4.89. The average molecular weight is 222 g/mol. The van der Waals surface area contributed by atoms with Crippen molar-refractivity contribution >= 4 is 0 Å². The van der Waals surface area contributed by atoms with Crippen molar-refractivity contribution in [3.8, 4) is 0 Å². The van der Waals surface area contributed by atoms with Gasteiger partial charge >= 0.3 is 0 Å². The van der Waals surface area contributed by atoms with Crippen LogP contribution in [0, 0.1) is 5.92 Å². The van der Waals surface area contributed by atoms with Crippen LogP contribution in [0.4, 0.5) is 0 Å². The zero-order valence-corrected chi connectivity index (χ0v) is 8.74. The zero-order valence-electron chi connectivity index (χ0n) is 8.74. The van der Waals surface area contributed by atoms with Gasteiger partial charge in [-0.25, -0.2) is 0 Å². The van der Waals surface area contributed by atoms with E-state index in [1.807, 2.05) is 0 Å².